The van der Waals surface area contributed by atoms with Crippen molar-refractivity contribution in [3.63, 3.8) is 0 Å². The molecule has 0 fully saturated rings. The summed E-state index contributed by atoms with van der Waals surface area (Å²) in [4.78, 5) is 15.3. The van der Waals surface area contributed by atoms with Crippen LogP contribution in [0.4, 0.5) is 18.9 Å². The van der Waals surface area contributed by atoms with E-state index in [2.05, 4.69) is 4.98 Å². The van der Waals surface area contributed by atoms with Crippen LogP contribution in [0, 0.1) is 17.5 Å². The Balaban J connectivity index is 2.30. The molecular weight excluding hydrogens is 261 g/mol. The monoisotopic (exact) mass is 268 g/mol. The minimum absolute atomic E-state index is 0.167. The molecule has 19 heavy (non-hydrogen) atoms. The van der Waals surface area contributed by atoms with Gasteiger partial charge in [0.2, 0.25) is 0 Å². The lowest BCUT2D eigenvalue weighted by Gasteiger charge is -2.08. The fourth-order valence-corrected chi connectivity index (χ4v) is 1.39. The van der Waals surface area contributed by atoms with Gasteiger partial charge in [-0.25, -0.2) is 13.2 Å². The third-order valence-electron chi connectivity index (χ3n) is 2.33. The SMILES string of the molecule is O=C(Nc1ccc(F)c(F)c1F)c1ccncc1O. The number of nitrogens with zero attached hydrogens (tertiary/aromatic N) is 1. The average Bonchev–Trinajstić information content (AvgIpc) is 2.40. The minimum atomic E-state index is -1.68. The lowest BCUT2D eigenvalue weighted by molar-refractivity contribution is 0.102. The molecule has 98 valence electrons. The van der Waals surface area contributed by atoms with E-state index in [4.69, 9.17) is 0 Å². The average molecular weight is 268 g/mol. The Labute approximate surface area is 105 Å². The molecule has 0 spiro atoms. The molecule has 1 aromatic heterocycles. The number of carbonyl (C=O) groups excluding carboxylic acids is 1. The molecule has 4 nitrogen and oxygen atoms in total. The van der Waals surface area contributed by atoms with Gasteiger partial charge in [-0.2, -0.15) is 0 Å². The largest absolute Gasteiger partial charge is 0.505 e. The third-order valence-corrected chi connectivity index (χ3v) is 2.33. The van der Waals surface area contributed by atoms with Crippen molar-refractivity contribution in [2.75, 3.05) is 5.32 Å². The van der Waals surface area contributed by atoms with Crippen LogP contribution in [0.1, 0.15) is 10.4 Å². The molecule has 0 aliphatic carbocycles. The number of amides is 1. The molecule has 2 aromatic rings. The van der Waals surface area contributed by atoms with Crippen molar-refractivity contribution in [2.45, 2.75) is 0 Å². The predicted octanol–water partition coefficient (Wildman–Crippen LogP) is 2.46. The Kier molecular flexibility index (Phi) is 3.37. The van der Waals surface area contributed by atoms with Crippen LogP contribution in [0.3, 0.4) is 0 Å². The number of hydrogen-bond acceptors (Lipinski definition) is 3. The van der Waals surface area contributed by atoms with Gasteiger partial charge in [0.15, 0.2) is 17.5 Å². The molecule has 0 atom stereocenters. The molecule has 1 aromatic carbocycles. The number of aromatic hydroxyl groups is 1. The van der Waals surface area contributed by atoms with E-state index in [1.807, 2.05) is 5.32 Å². The molecule has 7 heteroatoms. The Morgan fingerprint density at radius 1 is 1.16 bits per heavy atom. The van der Waals surface area contributed by atoms with E-state index in [9.17, 15) is 23.1 Å². The van der Waals surface area contributed by atoms with Gasteiger partial charge in [-0.15, -0.1) is 0 Å². The summed E-state index contributed by atoms with van der Waals surface area (Å²) >= 11 is 0. The standard InChI is InChI=1S/C12H7F3N2O2/c13-7-1-2-8(11(15)10(7)14)17-12(19)6-3-4-16-5-9(6)18/h1-5,18H,(H,17,19). The van der Waals surface area contributed by atoms with Crippen LogP contribution in [-0.4, -0.2) is 16.0 Å². The first-order chi connectivity index (χ1) is 9.00. The normalized spacial score (nSPS) is 10.3. The summed E-state index contributed by atoms with van der Waals surface area (Å²) < 4.78 is 39.0. The van der Waals surface area contributed by atoms with Crippen molar-refractivity contribution in [1.82, 2.24) is 4.98 Å². The highest BCUT2D eigenvalue weighted by Crippen LogP contribution is 2.21. The van der Waals surface area contributed by atoms with Crippen LogP contribution in [0.25, 0.3) is 0 Å². The number of carbonyl (C=O) groups is 1. The van der Waals surface area contributed by atoms with Crippen LogP contribution in [0.2, 0.25) is 0 Å². The predicted molar refractivity (Wildman–Crippen MR) is 60.2 cm³/mol. The highest BCUT2D eigenvalue weighted by atomic mass is 19.2. The fraction of sp³-hybridized carbons (Fsp3) is 0. The summed E-state index contributed by atoms with van der Waals surface area (Å²) in [6.45, 7) is 0. The number of nitrogens with one attached hydrogen (secondary N) is 1. The van der Waals surface area contributed by atoms with E-state index in [1.165, 1.54) is 12.3 Å². The molecule has 0 aliphatic rings. The van der Waals surface area contributed by atoms with Crippen molar-refractivity contribution in [2.24, 2.45) is 0 Å². The highest BCUT2D eigenvalue weighted by molar-refractivity contribution is 6.06. The first-order valence-electron chi connectivity index (χ1n) is 5.08. The number of anilines is 1. The first kappa shape index (κ1) is 12.9. The molecule has 1 amide bonds. The second kappa shape index (κ2) is 4.97. The Morgan fingerprint density at radius 3 is 2.58 bits per heavy atom. The van der Waals surface area contributed by atoms with Crippen LogP contribution in [0.15, 0.2) is 30.6 Å². The molecule has 1 heterocycles. The number of hydrogen-bond donors (Lipinski definition) is 2. The number of pyridine rings is 1. The van der Waals surface area contributed by atoms with Crippen LogP contribution in [-0.2, 0) is 0 Å². The second-order valence-electron chi connectivity index (χ2n) is 3.57. The summed E-state index contributed by atoms with van der Waals surface area (Å²) in [7, 11) is 0. The van der Waals surface area contributed by atoms with Gasteiger partial charge in [-0.3, -0.25) is 9.78 Å². The lowest BCUT2D eigenvalue weighted by Crippen LogP contribution is -2.14. The van der Waals surface area contributed by atoms with Crippen molar-refractivity contribution in [1.29, 1.82) is 0 Å². The van der Waals surface area contributed by atoms with E-state index >= 15 is 0 Å². The summed E-state index contributed by atoms with van der Waals surface area (Å²) in [5, 5.41) is 11.4. The lowest BCUT2D eigenvalue weighted by atomic mass is 10.2. The van der Waals surface area contributed by atoms with E-state index in [-0.39, 0.29) is 5.56 Å². The summed E-state index contributed by atoms with van der Waals surface area (Å²) in [5.74, 6) is -5.84. The molecule has 0 saturated carbocycles. The van der Waals surface area contributed by atoms with Gasteiger partial charge in [-0.05, 0) is 18.2 Å². The zero-order chi connectivity index (χ0) is 14.0. The van der Waals surface area contributed by atoms with Gasteiger partial charge in [0.05, 0.1) is 17.4 Å². The molecule has 2 N–H and O–H groups in total. The molecule has 0 bridgehead atoms. The summed E-state index contributed by atoms with van der Waals surface area (Å²) in [5.41, 5.74) is -0.695. The minimum Gasteiger partial charge on any atom is -0.505 e. The summed E-state index contributed by atoms with van der Waals surface area (Å²) in [6.07, 6.45) is 2.27. The summed E-state index contributed by atoms with van der Waals surface area (Å²) in [6, 6.07) is 2.76. The zero-order valence-electron chi connectivity index (χ0n) is 9.32. The smallest absolute Gasteiger partial charge is 0.259 e. The van der Waals surface area contributed by atoms with Gasteiger partial charge in [0, 0.05) is 6.20 Å². The quantitative estimate of drug-likeness (QED) is 0.822. The molecule has 2 rings (SSSR count). The van der Waals surface area contributed by atoms with Crippen LogP contribution < -0.4 is 5.32 Å². The number of benzene rings is 1. The highest BCUT2D eigenvalue weighted by Gasteiger charge is 2.17. The van der Waals surface area contributed by atoms with E-state index in [0.29, 0.717) is 6.07 Å². The zero-order valence-corrected chi connectivity index (χ0v) is 9.32. The number of rotatable bonds is 2. The van der Waals surface area contributed by atoms with Gasteiger partial charge < -0.3 is 10.4 Å². The Morgan fingerprint density at radius 2 is 1.89 bits per heavy atom. The van der Waals surface area contributed by atoms with Gasteiger partial charge in [-0.1, -0.05) is 0 Å². The van der Waals surface area contributed by atoms with Crippen molar-refractivity contribution < 1.29 is 23.1 Å². The molecule has 0 unspecified atom stereocenters. The third kappa shape index (κ3) is 2.49. The van der Waals surface area contributed by atoms with Crippen molar-refractivity contribution in [3.05, 3.63) is 53.6 Å². The van der Waals surface area contributed by atoms with Crippen molar-refractivity contribution in [3.8, 4) is 5.75 Å². The van der Waals surface area contributed by atoms with Gasteiger partial charge in [0.1, 0.15) is 5.75 Å². The fourth-order valence-electron chi connectivity index (χ4n) is 1.39. The van der Waals surface area contributed by atoms with Crippen LogP contribution in [0.5, 0.6) is 5.75 Å². The molecule has 0 radical (unpaired) electrons. The maximum absolute atomic E-state index is 13.3. The van der Waals surface area contributed by atoms with E-state index < -0.39 is 34.8 Å². The van der Waals surface area contributed by atoms with E-state index in [1.54, 1.807) is 0 Å². The second-order valence-corrected chi connectivity index (χ2v) is 3.57. The number of aromatic nitrogens is 1. The first-order valence-corrected chi connectivity index (χ1v) is 5.08. The maximum atomic E-state index is 13.3. The molecule has 0 saturated heterocycles. The topological polar surface area (TPSA) is 62.2 Å². The Hall–Kier alpha value is -2.57. The van der Waals surface area contributed by atoms with Crippen molar-refractivity contribution >= 4 is 11.6 Å². The number of halogens is 3. The Bertz CT molecular complexity index is 647. The van der Waals surface area contributed by atoms with Gasteiger partial charge >= 0.3 is 0 Å². The van der Waals surface area contributed by atoms with Crippen LogP contribution >= 0.6 is 0 Å². The van der Waals surface area contributed by atoms with E-state index in [0.717, 1.165) is 12.3 Å². The molecule has 0 aliphatic heterocycles. The molecular formula is C12H7F3N2O2. The van der Waals surface area contributed by atoms with Gasteiger partial charge in [0.25, 0.3) is 5.91 Å². The maximum Gasteiger partial charge on any atom is 0.259 e.